The molecule has 0 spiro atoms. The molecule has 2 aromatic carbocycles. The number of para-hydroxylation sites is 1. The van der Waals surface area contributed by atoms with Crippen LogP contribution in [-0.4, -0.2) is 19.2 Å². The number of benzene rings is 2. The number of hydrogen-bond donors (Lipinski definition) is 2. The minimum absolute atomic E-state index is 0.190. The summed E-state index contributed by atoms with van der Waals surface area (Å²) in [6, 6.07) is 9.84. The van der Waals surface area contributed by atoms with Gasteiger partial charge in [0.15, 0.2) is 11.5 Å². The van der Waals surface area contributed by atoms with Crippen LogP contribution in [0.1, 0.15) is 25.7 Å². The largest absolute Gasteiger partial charge is 0.493 e. The van der Waals surface area contributed by atoms with Crippen molar-refractivity contribution < 1.29 is 14.3 Å². The topological polar surface area (TPSA) is 59.6 Å². The molecule has 2 amide bonds. The molecule has 1 aliphatic carbocycles. The molecule has 3 rings (SSSR count). The van der Waals surface area contributed by atoms with Crippen LogP contribution >= 0.6 is 23.2 Å². The Labute approximate surface area is 162 Å². The third-order valence-corrected chi connectivity index (χ3v) is 4.85. The van der Waals surface area contributed by atoms with Gasteiger partial charge in [0.2, 0.25) is 0 Å². The van der Waals surface area contributed by atoms with Gasteiger partial charge in [0.25, 0.3) is 0 Å². The second kappa shape index (κ2) is 8.52. The highest BCUT2D eigenvalue weighted by Crippen LogP contribution is 2.34. The number of ether oxygens (including phenoxy) is 2. The number of anilines is 2. The molecule has 1 fully saturated rings. The van der Waals surface area contributed by atoms with Crippen molar-refractivity contribution in [1.29, 1.82) is 0 Å². The summed E-state index contributed by atoms with van der Waals surface area (Å²) < 4.78 is 11.4. The van der Waals surface area contributed by atoms with Gasteiger partial charge in [-0.05, 0) is 49.9 Å². The monoisotopic (exact) mass is 394 g/mol. The first-order chi connectivity index (χ1) is 12.6. The van der Waals surface area contributed by atoms with Crippen LogP contribution in [0.3, 0.4) is 0 Å². The van der Waals surface area contributed by atoms with Gasteiger partial charge in [0.05, 0.1) is 28.9 Å². The number of halogens is 2. The molecule has 138 valence electrons. The first kappa shape index (κ1) is 18.7. The van der Waals surface area contributed by atoms with Crippen molar-refractivity contribution in [3.8, 4) is 11.5 Å². The van der Waals surface area contributed by atoms with Crippen molar-refractivity contribution in [2.45, 2.75) is 31.8 Å². The molecule has 0 bridgehead atoms. The van der Waals surface area contributed by atoms with Gasteiger partial charge in [0, 0.05) is 11.8 Å². The van der Waals surface area contributed by atoms with Gasteiger partial charge in [-0.2, -0.15) is 0 Å². The average molecular weight is 395 g/mol. The summed E-state index contributed by atoms with van der Waals surface area (Å²) in [5, 5.41) is 6.16. The van der Waals surface area contributed by atoms with E-state index in [0.29, 0.717) is 32.9 Å². The van der Waals surface area contributed by atoms with E-state index in [1.165, 1.54) is 12.8 Å². The Hall–Kier alpha value is -2.11. The van der Waals surface area contributed by atoms with E-state index < -0.39 is 6.03 Å². The zero-order chi connectivity index (χ0) is 18.5. The van der Waals surface area contributed by atoms with Crippen molar-refractivity contribution in [1.82, 2.24) is 0 Å². The standard InChI is InChI=1S/C19H20Cl2N2O3/c1-25-16-10-9-12(11-17(16)26-13-5-2-3-6-13)22-19(24)23-18-14(20)7-4-8-15(18)21/h4,7-11,13H,2-3,5-6H2,1H3,(H2,22,23,24). The van der Waals surface area contributed by atoms with E-state index in [2.05, 4.69) is 10.6 Å². The van der Waals surface area contributed by atoms with Gasteiger partial charge in [0.1, 0.15) is 0 Å². The molecule has 1 aliphatic rings. The molecule has 7 heteroatoms. The molecule has 5 nitrogen and oxygen atoms in total. The molecule has 0 aliphatic heterocycles. The van der Waals surface area contributed by atoms with E-state index in [1.54, 1.807) is 43.5 Å². The van der Waals surface area contributed by atoms with E-state index >= 15 is 0 Å². The summed E-state index contributed by atoms with van der Waals surface area (Å²) in [7, 11) is 1.59. The Morgan fingerprint density at radius 2 is 1.73 bits per heavy atom. The van der Waals surface area contributed by atoms with Crippen LogP contribution in [0.25, 0.3) is 0 Å². The second-order valence-electron chi connectivity index (χ2n) is 6.07. The SMILES string of the molecule is COc1ccc(NC(=O)Nc2c(Cl)cccc2Cl)cc1OC1CCCC1. The third-order valence-electron chi connectivity index (χ3n) is 4.22. The molecule has 0 saturated heterocycles. The van der Waals surface area contributed by atoms with E-state index in [1.807, 2.05) is 0 Å². The minimum Gasteiger partial charge on any atom is -0.493 e. The molecule has 0 atom stereocenters. The first-order valence-electron chi connectivity index (χ1n) is 8.43. The fraction of sp³-hybridized carbons (Fsp3) is 0.316. The van der Waals surface area contributed by atoms with Crippen LogP contribution in [0.5, 0.6) is 11.5 Å². The van der Waals surface area contributed by atoms with Crippen molar-refractivity contribution >= 4 is 40.6 Å². The summed E-state index contributed by atoms with van der Waals surface area (Å²) in [5.41, 5.74) is 0.948. The lowest BCUT2D eigenvalue weighted by atomic mass is 10.2. The maximum absolute atomic E-state index is 12.3. The number of amides is 2. The number of carbonyl (C=O) groups is 1. The van der Waals surface area contributed by atoms with Gasteiger partial charge in [-0.25, -0.2) is 4.79 Å². The molecule has 1 saturated carbocycles. The maximum atomic E-state index is 12.3. The lowest BCUT2D eigenvalue weighted by Crippen LogP contribution is -2.20. The number of urea groups is 1. The molecule has 26 heavy (non-hydrogen) atoms. The second-order valence-corrected chi connectivity index (χ2v) is 6.88. The fourth-order valence-electron chi connectivity index (χ4n) is 2.93. The lowest BCUT2D eigenvalue weighted by Gasteiger charge is -2.17. The lowest BCUT2D eigenvalue weighted by molar-refractivity contribution is 0.201. The molecule has 0 heterocycles. The Bertz CT molecular complexity index is 772. The van der Waals surface area contributed by atoms with Crippen molar-refractivity contribution in [3.05, 3.63) is 46.4 Å². The van der Waals surface area contributed by atoms with E-state index in [0.717, 1.165) is 12.8 Å². The van der Waals surface area contributed by atoms with E-state index in [9.17, 15) is 4.79 Å². The number of hydrogen-bond acceptors (Lipinski definition) is 3. The summed E-state index contributed by atoms with van der Waals surface area (Å²) in [6.45, 7) is 0. The summed E-state index contributed by atoms with van der Waals surface area (Å²) in [6.07, 6.45) is 4.60. The van der Waals surface area contributed by atoms with Crippen molar-refractivity contribution in [3.63, 3.8) is 0 Å². The average Bonchev–Trinajstić information content (AvgIpc) is 3.12. The molecule has 2 aromatic rings. The molecule has 0 radical (unpaired) electrons. The molecule has 0 aromatic heterocycles. The Balaban J connectivity index is 1.71. The van der Waals surface area contributed by atoms with Crippen LogP contribution in [0, 0.1) is 0 Å². The quantitative estimate of drug-likeness (QED) is 0.656. The van der Waals surface area contributed by atoms with Gasteiger partial charge in [-0.15, -0.1) is 0 Å². The highest BCUT2D eigenvalue weighted by Gasteiger charge is 2.19. The van der Waals surface area contributed by atoms with Gasteiger partial charge in [-0.3, -0.25) is 0 Å². The molecule has 0 unspecified atom stereocenters. The smallest absolute Gasteiger partial charge is 0.323 e. The summed E-state index contributed by atoms with van der Waals surface area (Å²) in [4.78, 5) is 12.3. The zero-order valence-corrected chi connectivity index (χ0v) is 15.9. The summed E-state index contributed by atoms with van der Waals surface area (Å²) >= 11 is 12.1. The molecular formula is C19H20Cl2N2O3. The maximum Gasteiger partial charge on any atom is 0.323 e. The number of rotatable bonds is 5. The number of methoxy groups -OCH3 is 1. The Morgan fingerprint density at radius 3 is 2.38 bits per heavy atom. The van der Waals surface area contributed by atoms with Crippen LogP contribution in [-0.2, 0) is 0 Å². The first-order valence-corrected chi connectivity index (χ1v) is 9.19. The Kier molecular flexibility index (Phi) is 6.12. The minimum atomic E-state index is -0.447. The van der Waals surface area contributed by atoms with Gasteiger partial charge < -0.3 is 20.1 Å². The normalized spacial score (nSPS) is 14.1. The highest BCUT2D eigenvalue weighted by atomic mass is 35.5. The van der Waals surface area contributed by atoms with Crippen LogP contribution < -0.4 is 20.1 Å². The summed E-state index contributed by atoms with van der Waals surface area (Å²) in [5.74, 6) is 1.25. The van der Waals surface area contributed by atoms with Crippen LogP contribution in [0.4, 0.5) is 16.2 Å². The molecular weight excluding hydrogens is 375 g/mol. The number of carbonyl (C=O) groups excluding carboxylic acids is 1. The molecule has 2 N–H and O–H groups in total. The number of nitrogens with one attached hydrogen (secondary N) is 2. The Morgan fingerprint density at radius 1 is 1.04 bits per heavy atom. The van der Waals surface area contributed by atoms with Crippen LogP contribution in [0.15, 0.2) is 36.4 Å². The van der Waals surface area contributed by atoms with Crippen LogP contribution in [0.2, 0.25) is 10.0 Å². The predicted molar refractivity (Wildman–Crippen MR) is 105 cm³/mol. The van der Waals surface area contributed by atoms with Gasteiger partial charge >= 0.3 is 6.03 Å². The van der Waals surface area contributed by atoms with Gasteiger partial charge in [-0.1, -0.05) is 29.3 Å². The van der Waals surface area contributed by atoms with E-state index in [4.69, 9.17) is 32.7 Å². The van der Waals surface area contributed by atoms with Crippen molar-refractivity contribution in [2.75, 3.05) is 17.7 Å². The zero-order valence-electron chi connectivity index (χ0n) is 14.4. The fourth-order valence-corrected chi connectivity index (χ4v) is 3.42. The third kappa shape index (κ3) is 4.54. The van der Waals surface area contributed by atoms with E-state index in [-0.39, 0.29) is 6.10 Å². The van der Waals surface area contributed by atoms with Crippen molar-refractivity contribution in [2.24, 2.45) is 0 Å². The predicted octanol–water partition coefficient (Wildman–Crippen LogP) is 5.97. The highest BCUT2D eigenvalue weighted by molar-refractivity contribution is 6.39.